The van der Waals surface area contributed by atoms with E-state index >= 15 is 0 Å². The van der Waals surface area contributed by atoms with Gasteiger partial charge in [0, 0.05) is 65.4 Å². The van der Waals surface area contributed by atoms with Crippen molar-refractivity contribution in [2.75, 3.05) is 0 Å². The van der Waals surface area contributed by atoms with Crippen LogP contribution < -0.4 is 0 Å². The van der Waals surface area contributed by atoms with E-state index in [-0.39, 0.29) is 71.5 Å². The molecule has 0 amide bonds. The first-order valence-corrected chi connectivity index (χ1v) is 1.51. The van der Waals surface area contributed by atoms with Gasteiger partial charge in [-0.1, -0.05) is 6.92 Å². The van der Waals surface area contributed by atoms with Gasteiger partial charge < -0.3 is 11.7 Å². The first-order chi connectivity index (χ1) is 2.27. The Morgan fingerprint density at radius 1 is 1.43 bits per heavy atom. The summed E-state index contributed by atoms with van der Waals surface area (Å²) in [6.45, 7) is 5.30. The molecule has 0 spiro atoms. The van der Waals surface area contributed by atoms with Gasteiger partial charge in [-0.15, -0.1) is 6.10 Å². The molecular weight excluding hydrogens is 242 g/mol. The van der Waals surface area contributed by atoms with E-state index in [9.17, 15) is 0 Å². The molecule has 0 aliphatic rings. The molecule has 0 N–H and O–H groups in total. The number of hydrogen-bond donors (Lipinski definition) is 0. The number of ether oxygens (including phenoxy) is 1. The van der Waals surface area contributed by atoms with Crippen LogP contribution in [0.2, 0.25) is 0 Å². The van der Waals surface area contributed by atoms with Crippen molar-refractivity contribution in [1.82, 2.24) is 0 Å². The first kappa shape index (κ1) is 16.1. The van der Waals surface area contributed by atoms with Crippen LogP contribution in [-0.2, 0) is 70.2 Å². The molecule has 2 radical (unpaired) electrons. The summed E-state index contributed by atoms with van der Waals surface area (Å²) in [4.78, 5) is 0. The second-order valence-corrected chi connectivity index (χ2v) is 0.977. The van der Waals surface area contributed by atoms with E-state index in [0.29, 0.717) is 0 Å². The van der Waals surface area contributed by atoms with E-state index in [4.69, 9.17) is 0 Å². The molecule has 0 saturated carbocycles. The van der Waals surface area contributed by atoms with Crippen molar-refractivity contribution in [2.24, 2.45) is 0 Å². The molecular formula is C4H8OY2-2. The normalized spacial score (nSPS) is 10.7. The summed E-state index contributed by atoms with van der Waals surface area (Å²) >= 11 is 0. The average Bonchev–Trinajstić information content (AvgIpc) is 1.38. The van der Waals surface area contributed by atoms with Gasteiger partial charge in [-0.3, -0.25) is 0 Å². The van der Waals surface area contributed by atoms with E-state index in [1.807, 2.05) is 6.92 Å². The van der Waals surface area contributed by atoms with Crippen molar-refractivity contribution in [1.29, 1.82) is 0 Å². The van der Waals surface area contributed by atoms with Crippen molar-refractivity contribution >= 4 is 0 Å². The van der Waals surface area contributed by atoms with Crippen LogP contribution in [0.5, 0.6) is 0 Å². The topological polar surface area (TPSA) is 9.23 Å². The van der Waals surface area contributed by atoms with E-state index in [0.717, 1.165) is 0 Å². The molecule has 0 aromatic carbocycles. The van der Waals surface area contributed by atoms with Crippen LogP contribution in [0.15, 0.2) is 0 Å². The molecule has 0 heterocycles. The van der Waals surface area contributed by atoms with Crippen molar-refractivity contribution in [2.45, 2.75) is 13.0 Å². The summed E-state index contributed by atoms with van der Waals surface area (Å²) in [5.41, 5.74) is 0. The van der Waals surface area contributed by atoms with Gasteiger partial charge in [0.2, 0.25) is 0 Å². The monoisotopic (exact) mass is 250 g/mol. The summed E-state index contributed by atoms with van der Waals surface area (Å²) in [7, 11) is 3.12. The maximum Gasteiger partial charge on any atom is 0 e. The number of rotatable bonds is 1. The van der Waals surface area contributed by atoms with Gasteiger partial charge in [0.1, 0.15) is 0 Å². The molecule has 0 aliphatic carbocycles. The van der Waals surface area contributed by atoms with Gasteiger partial charge in [0.05, 0.1) is 0 Å². The van der Waals surface area contributed by atoms with E-state index in [2.05, 4.69) is 18.8 Å². The van der Waals surface area contributed by atoms with Gasteiger partial charge in [-0.2, -0.15) is 0 Å². The predicted octanol–water partition coefficient (Wildman–Crippen LogP) is 1.01. The van der Waals surface area contributed by atoms with Crippen LogP contribution in [0, 0.1) is 14.0 Å². The Morgan fingerprint density at radius 3 is 1.57 bits per heavy atom. The predicted molar refractivity (Wildman–Crippen MR) is 21.3 cm³/mol. The maximum absolute atomic E-state index is 4.39. The fourth-order valence-corrected chi connectivity index (χ4v) is 0. The molecule has 0 bridgehead atoms. The molecule has 3 heteroatoms. The third kappa shape index (κ3) is 17.9. The van der Waals surface area contributed by atoms with E-state index < -0.39 is 0 Å². The summed E-state index contributed by atoms with van der Waals surface area (Å²) < 4.78 is 4.39. The molecule has 0 aromatic heterocycles. The fourth-order valence-electron chi connectivity index (χ4n) is 0. The Bertz CT molecular complexity index is 23.7. The third-order valence-corrected chi connectivity index (χ3v) is 0.285. The number of hydrogen-bond acceptors (Lipinski definition) is 1. The Morgan fingerprint density at radius 2 is 1.57 bits per heavy atom. The molecule has 1 unspecified atom stereocenters. The van der Waals surface area contributed by atoms with Crippen molar-refractivity contribution in [3.05, 3.63) is 14.0 Å². The van der Waals surface area contributed by atoms with Crippen LogP contribution >= 0.6 is 0 Å². The zero-order chi connectivity index (χ0) is 4.28. The minimum Gasteiger partial charge on any atom is -0.578 e. The zero-order valence-corrected chi connectivity index (χ0v) is 10.2. The van der Waals surface area contributed by atoms with Crippen LogP contribution in [-0.4, -0.2) is 6.10 Å². The SMILES string of the molecule is [CH2-]OC([CH2-])C.[Y].[Y]. The van der Waals surface area contributed by atoms with Crippen molar-refractivity contribution < 1.29 is 70.2 Å². The second-order valence-electron chi connectivity index (χ2n) is 0.977. The first-order valence-electron chi connectivity index (χ1n) is 1.51. The second kappa shape index (κ2) is 11.0. The van der Waals surface area contributed by atoms with Gasteiger partial charge in [-0.05, 0) is 0 Å². The summed E-state index contributed by atoms with van der Waals surface area (Å²) in [6, 6.07) is 0. The maximum atomic E-state index is 4.39. The third-order valence-electron chi connectivity index (χ3n) is 0.285. The standard InChI is InChI=1S/C4H8O.2Y/c1-4(2)5-3;;/h4H,1,3H2,2H3;;/q-2;;. The molecule has 7 heavy (non-hydrogen) atoms. The van der Waals surface area contributed by atoms with E-state index in [1.54, 1.807) is 0 Å². The molecule has 1 atom stereocenters. The largest absolute Gasteiger partial charge is 0.578 e. The van der Waals surface area contributed by atoms with E-state index in [1.165, 1.54) is 0 Å². The molecule has 0 aliphatic heterocycles. The van der Waals surface area contributed by atoms with Crippen LogP contribution in [0.25, 0.3) is 0 Å². The fraction of sp³-hybridized carbons (Fsp3) is 0.500. The minimum atomic E-state index is 0. The molecule has 1 nitrogen and oxygen atoms in total. The van der Waals surface area contributed by atoms with Crippen molar-refractivity contribution in [3.8, 4) is 0 Å². The zero-order valence-electron chi connectivity index (χ0n) is 4.55. The Hall–Kier alpha value is 2.17. The van der Waals surface area contributed by atoms with Crippen LogP contribution in [0.1, 0.15) is 6.92 Å². The quantitative estimate of drug-likeness (QED) is 0.631. The Kier molecular flexibility index (Phi) is 25.3. The summed E-state index contributed by atoms with van der Waals surface area (Å²) in [6.07, 6.45) is 0.0231. The molecule has 38 valence electrons. The van der Waals surface area contributed by atoms with Gasteiger partial charge in [-0.25, -0.2) is 7.11 Å². The van der Waals surface area contributed by atoms with Crippen molar-refractivity contribution in [3.63, 3.8) is 0 Å². The van der Waals surface area contributed by atoms with Crippen LogP contribution in [0.4, 0.5) is 0 Å². The molecule has 0 aromatic rings. The smallest absolute Gasteiger partial charge is 0 e. The average molecular weight is 250 g/mol. The summed E-state index contributed by atoms with van der Waals surface area (Å²) in [5, 5.41) is 0. The van der Waals surface area contributed by atoms with Gasteiger partial charge in [0.15, 0.2) is 0 Å². The molecule has 0 rings (SSSR count). The minimum absolute atomic E-state index is 0. The Balaban J connectivity index is -0.0000000800. The Labute approximate surface area is 95.7 Å². The van der Waals surface area contributed by atoms with Crippen LogP contribution in [0.3, 0.4) is 0 Å². The molecule has 0 saturated heterocycles. The van der Waals surface area contributed by atoms with Gasteiger partial charge in [0.25, 0.3) is 0 Å². The summed E-state index contributed by atoms with van der Waals surface area (Å²) in [5.74, 6) is 0. The van der Waals surface area contributed by atoms with Gasteiger partial charge >= 0.3 is 0 Å². The molecule has 0 fully saturated rings.